The monoisotopic (exact) mass is 230 g/mol. The first-order chi connectivity index (χ1) is 5.27. The van der Waals surface area contributed by atoms with Crippen molar-refractivity contribution in [3.05, 3.63) is 33.9 Å². The SMILES string of the molecule is Fc1cc(Br)cc2ccsc12. The molecule has 0 unspecified atom stereocenters. The van der Waals surface area contributed by atoms with Gasteiger partial charge in [0.05, 0.1) is 4.70 Å². The van der Waals surface area contributed by atoms with Gasteiger partial charge in [-0.15, -0.1) is 11.3 Å². The zero-order valence-corrected chi connectivity index (χ0v) is 7.88. The summed E-state index contributed by atoms with van der Waals surface area (Å²) in [5.41, 5.74) is 0. The van der Waals surface area contributed by atoms with Crippen LogP contribution in [0.25, 0.3) is 10.1 Å². The number of fused-ring (bicyclic) bond motifs is 1. The van der Waals surface area contributed by atoms with Gasteiger partial charge in [0.15, 0.2) is 0 Å². The molecule has 56 valence electrons. The van der Waals surface area contributed by atoms with E-state index in [1.165, 1.54) is 17.4 Å². The molecule has 1 aromatic heterocycles. The lowest BCUT2D eigenvalue weighted by molar-refractivity contribution is 0.641. The lowest BCUT2D eigenvalue weighted by Gasteiger charge is -1.92. The molecule has 0 fully saturated rings. The predicted molar refractivity (Wildman–Crippen MR) is 49.5 cm³/mol. The summed E-state index contributed by atoms with van der Waals surface area (Å²) >= 11 is 4.66. The molecule has 0 amide bonds. The van der Waals surface area contributed by atoms with Crippen LogP contribution < -0.4 is 0 Å². The Balaban J connectivity index is 2.91. The van der Waals surface area contributed by atoms with Gasteiger partial charge in [-0.25, -0.2) is 4.39 Å². The quantitative estimate of drug-likeness (QED) is 0.646. The number of thiophene rings is 1. The Morgan fingerprint density at radius 1 is 1.36 bits per heavy atom. The highest BCUT2D eigenvalue weighted by molar-refractivity contribution is 9.10. The largest absolute Gasteiger partial charge is 0.205 e. The van der Waals surface area contributed by atoms with Crippen molar-refractivity contribution in [3.63, 3.8) is 0 Å². The van der Waals surface area contributed by atoms with Crippen molar-refractivity contribution >= 4 is 37.4 Å². The lowest BCUT2D eigenvalue weighted by Crippen LogP contribution is -1.72. The molecule has 0 aliphatic rings. The van der Waals surface area contributed by atoms with E-state index in [1.807, 2.05) is 17.5 Å². The van der Waals surface area contributed by atoms with Crippen molar-refractivity contribution in [2.75, 3.05) is 0 Å². The minimum Gasteiger partial charge on any atom is -0.205 e. The number of rotatable bonds is 0. The third-order valence-corrected chi connectivity index (χ3v) is 2.87. The van der Waals surface area contributed by atoms with Crippen LogP contribution in [0.2, 0.25) is 0 Å². The van der Waals surface area contributed by atoms with E-state index in [1.54, 1.807) is 0 Å². The summed E-state index contributed by atoms with van der Waals surface area (Å²) in [7, 11) is 0. The molecule has 11 heavy (non-hydrogen) atoms. The van der Waals surface area contributed by atoms with Crippen LogP contribution in [0, 0.1) is 5.82 Å². The zero-order chi connectivity index (χ0) is 7.84. The number of hydrogen-bond donors (Lipinski definition) is 0. The third kappa shape index (κ3) is 1.19. The van der Waals surface area contributed by atoms with Gasteiger partial charge in [-0.05, 0) is 29.0 Å². The summed E-state index contributed by atoms with van der Waals surface area (Å²) in [6.45, 7) is 0. The van der Waals surface area contributed by atoms with Gasteiger partial charge in [0.1, 0.15) is 5.82 Å². The fraction of sp³-hybridized carbons (Fsp3) is 0. The summed E-state index contributed by atoms with van der Waals surface area (Å²) in [4.78, 5) is 0. The maximum atomic E-state index is 13.1. The van der Waals surface area contributed by atoms with Crippen LogP contribution in [0.4, 0.5) is 4.39 Å². The molecule has 2 rings (SSSR count). The van der Waals surface area contributed by atoms with E-state index in [0.717, 1.165) is 14.6 Å². The van der Waals surface area contributed by atoms with Crippen molar-refractivity contribution in [2.45, 2.75) is 0 Å². The van der Waals surface area contributed by atoms with Crippen LogP contribution >= 0.6 is 27.3 Å². The fourth-order valence-electron chi connectivity index (χ4n) is 1.00. The molecule has 3 heteroatoms. The van der Waals surface area contributed by atoms with Gasteiger partial charge in [0.2, 0.25) is 0 Å². The maximum absolute atomic E-state index is 13.1. The van der Waals surface area contributed by atoms with Gasteiger partial charge in [0, 0.05) is 4.47 Å². The molecule has 0 radical (unpaired) electrons. The molecule has 1 heterocycles. The summed E-state index contributed by atoms with van der Waals surface area (Å²) in [6, 6.07) is 5.31. The molecule has 2 aromatic rings. The molecule has 0 spiro atoms. The second-order valence-corrected chi connectivity index (χ2v) is 4.06. The third-order valence-electron chi connectivity index (χ3n) is 1.47. The van der Waals surface area contributed by atoms with Crippen LogP contribution in [0.1, 0.15) is 0 Å². The fourth-order valence-corrected chi connectivity index (χ4v) is 2.24. The summed E-state index contributed by atoms with van der Waals surface area (Å²) in [5.74, 6) is -0.149. The normalized spacial score (nSPS) is 10.7. The predicted octanol–water partition coefficient (Wildman–Crippen LogP) is 3.80. The van der Waals surface area contributed by atoms with Crippen LogP contribution in [-0.2, 0) is 0 Å². The summed E-state index contributed by atoms with van der Waals surface area (Å²) in [6.07, 6.45) is 0. The Bertz CT molecular complexity index is 394. The Morgan fingerprint density at radius 3 is 3.00 bits per heavy atom. The Morgan fingerprint density at radius 2 is 2.18 bits per heavy atom. The van der Waals surface area contributed by atoms with Gasteiger partial charge in [0.25, 0.3) is 0 Å². The van der Waals surface area contributed by atoms with Crippen LogP contribution in [0.15, 0.2) is 28.1 Å². The number of halogens is 2. The average molecular weight is 231 g/mol. The van der Waals surface area contributed by atoms with Gasteiger partial charge in [-0.2, -0.15) is 0 Å². The molecule has 0 aliphatic carbocycles. The molecular weight excluding hydrogens is 227 g/mol. The molecular formula is C8H4BrFS. The van der Waals surface area contributed by atoms with Crippen molar-refractivity contribution in [1.82, 2.24) is 0 Å². The highest BCUT2D eigenvalue weighted by atomic mass is 79.9. The second kappa shape index (κ2) is 2.57. The summed E-state index contributed by atoms with van der Waals surface area (Å²) < 4.78 is 14.6. The number of hydrogen-bond acceptors (Lipinski definition) is 1. The molecule has 0 bridgehead atoms. The van der Waals surface area contributed by atoms with E-state index in [9.17, 15) is 4.39 Å². The summed E-state index contributed by atoms with van der Waals surface area (Å²) in [5, 5.41) is 2.85. The van der Waals surface area contributed by atoms with E-state index in [0.29, 0.717) is 0 Å². The Kier molecular flexibility index (Phi) is 1.69. The smallest absolute Gasteiger partial charge is 0.142 e. The van der Waals surface area contributed by atoms with E-state index in [2.05, 4.69) is 15.9 Å². The van der Waals surface area contributed by atoms with Crippen molar-refractivity contribution in [2.24, 2.45) is 0 Å². The molecule has 0 nitrogen and oxygen atoms in total. The first-order valence-electron chi connectivity index (χ1n) is 3.09. The first kappa shape index (κ1) is 7.25. The molecule has 0 saturated heterocycles. The highest BCUT2D eigenvalue weighted by Gasteiger charge is 2.02. The van der Waals surface area contributed by atoms with Gasteiger partial charge in [-0.3, -0.25) is 0 Å². The van der Waals surface area contributed by atoms with Crippen LogP contribution in [-0.4, -0.2) is 0 Å². The van der Waals surface area contributed by atoms with E-state index in [-0.39, 0.29) is 5.82 Å². The Labute approximate surface area is 75.8 Å². The number of benzene rings is 1. The average Bonchev–Trinajstić information content (AvgIpc) is 2.34. The van der Waals surface area contributed by atoms with Crippen LogP contribution in [0.5, 0.6) is 0 Å². The Hall–Kier alpha value is -0.410. The zero-order valence-electron chi connectivity index (χ0n) is 5.47. The molecule has 0 saturated carbocycles. The lowest BCUT2D eigenvalue weighted by atomic mass is 10.3. The van der Waals surface area contributed by atoms with Crippen molar-refractivity contribution in [1.29, 1.82) is 0 Å². The minimum absolute atomic E-state index is 0.149. The second-order valence-electron chi connectivity index (χ2n) is 2.23. The van der Waals surface area contributed by atoms with Crippen molar-refractivity contribution in [3.8, 4) is 0 Å². The van der Waals surface area contributed by atoms with Crippen molar-refractivity contribution < 1.29 is 4.39 Å². The van der Waals surface area contributed by atoms with Gasteiger partial charge < -0.3 is 0 Å². The van der Waals surface area contributed by atoms with Crippen LogP contribution in [0.3, 0.4) is 0 Å². The standard InChI is InChI=1S/C8H4BrFS/c9-6-3-5-1-2-11-8(5)7(10)4-6/h1-4H. The minimum atomic E-state index is -0.149. The van der Waals surface area contributed by atoms with E-state index < -0.39 is 0 Å². The molecule has 1 aromatic carbocycles. The molecule has 0 N–H and O–H groups in total. The topological polar surface area (TPSA) is 0 Å². The maximum Gasteiger partial charge on any atom is 0.142 e. The van der Waals surface area contributed by atoms with Gasteiger partial charge >= 0.3 is 0 Å². The highest BCUT2D eigenvalue weighted by Crippen LogP contribution is 2.27. The first-order valence-corrected chi connectivity index (χ1v) is 4.77. The van der Waals surface area contributed by atoms with E-state index >= 15 is 0 Å². The molecule has 0 atom stereocenters. The van der Waals surface area contributed by atoms with Gasteiger partial charge in [-0.1, -0.05) is 15.9 Å². The molecule has 0 aliphatic heterocycles. The van der Waals surface area contributed by atoms with E-state index in [4.69, 9.17) is 0 Å².